The Balaban J connectivity index is 1.95. The third-order valence-corrected chi connectivity index (χ3v) is 3.62. The first-order chi connectivity index (χ1) is 12.8. The fourth-order valence-electron chi connectivity index (χ4n) is 2.23. The molecule has 8 nitrogen and oxygen atoms in total. The molecule has 144 valence electrons. The van der Waals surface area contributed by atoms with E-state index in [9.17, 15) is 33.9 Å². The van der Waals surface area contributed by atoms with E-state index < -0.39 is 52.7 Å². The van der Waals surface area contributed by atoms with Crippen LogP contribution >= 0.6 is 0 Å². The van der Waals surface area contributed by atoms with Crippen LogP contribution in [0.1, 0.15) is 17.2 Å². The molecule has 2 rings (SSSR count). The number of alkyl carbamates (subject to hydrolysis) is 1. The van der Waals surface area contributed by atoms with E-state index >= 15 is 0 Å². The van der Waals surface area contributed by atoms with Crippen LogP contribution in [0.25, 0.3) is 0 Å². The van der Waals surface area contributed by atoms with Crippen LogP contribution in [-0.4, -0.2) is 33.9 Å². The first kappa shape index (κ1) is 20.2. The molecule has 27 heavy (non-hydrogen) atoms. The molecule has 0 saturated heterocycles. The minimum atomic E-state index is -1.94. The van der Waals surface area contributed by atoms with Crippen molar-refractivity contribution >= 4 is 11.8 Å². The van der Waals surface area contributed by atoms with Crippen molar-refractivity contribution in [1.82, 2.24) is 5.32 Å². The van der Waals surface area contributed by atoms with Crippen molar-refractivity contribution in [2.24, 2.45) is 0 Å². The number of carbonyl (C=O) groups is 1. The zero-order valence-corrected chi connectivity index (χ0v) is 13.8. The summed E-state index contributed by atoms with van der Waals surface area (Å²) in [6.07, 6.45) is -4.56. The van der Waals surface area contributed by atoms with Crippen molar-refractivity contribution in [3.63, 3.8) is 0 Å². The van der Waals surface area contributed by atoms with Gasteiger partial charge in [0.25, 0.3) is 5.69 Å². The first-order valence-electron chi connectivity index (χ1n) is 7.73. The number of amides is 1. The van der Waals surface area contributed by atoms with Crippen molar-refractivity contribution in [3.05, 3.63) is 75.3 Å². The van der Waals surface area contributed by atoms with E-state index in [0.29, 0.717) is 12.1 Å². The summed E-state index contributed by atoms with van der Waals surface area (Å²) < 4.78 is 31.4. The van der Waals surface area contributed by atoms with E-state index in [1.54, 1.807) is 30.3 Å². The van der Waals surface area contributed by atoms with Crippen LogP contribution in [0.15, 0.2) is 42.5 Å². The van der Waals surface area contributed by atoms with Gasteiger partial charge in [-0.3, -0.25) is 10.1 Å². The molecule has 0 heterocycles. The number of benzene rings is 2. The minimum Gasteiger partial charge on any atom is -0.445 e. The molecule has 0 aliphatic carbocycles. The molecule has 0 aliphatic rings. The smallest absolute Gasteiger partial charge is 0.407 e. The number of hydrogen-bond donors (Lipinski definition) is 3. The molecular formula is C17H16F2N2O6. The van der Waals surface area contributed by atoms with Gasteiger partial charge in [0.05, 0.1) is 16.6 Å². The number of nitro groups is 1. The molecule has 10 heteroatoms. The molecule has 2 aromatic carbocycles. The summed E-state index contributed by atoms with van der Waals surface area (Å²) in [6.45, 7) is -0.565. The van der Waals surface area contributed by atoms with Crippen LogP contribution in [0.5, 0.6) is 0 Å². The van der Waals surface area contributed by atoms with Gasteiger partial charge in [-0.15, -0.1) is 0 Å². The van der Waals surface area contributed by atoms with E-state index in [4.69, 9.17) is 4.74 Å². The normalized spacial score (nSPS) is 12.9. The molecule has 0 spiro atoms. The van der Waals surface area contributed by atoms with Crippen LogP contribution in [0.2, 0.25) is 0 Å². The number of rotatable bonds is 7. The summed E-state index contributed by atoms with van der Waals surface area (Å²) in [7, 11) is 0. The number of carbonyl (C=O) groups excluding carboxylic acids is 1. The van der Waals surface area contributed by atoms with Gasteiger partial charge in [-0.2, -0.15) is 0 Å². The second-order valence-corrected chi connectivity index (χ2v) is 5.54. The molecule has 2 aromatic rings. The molecule has 0 aromatic heterocycles. The molecule has 2 atom stereocenters. The first-order valence-corrected chi connectivity index (χ1v) is 7.73. The average molecular weight is 382 g/mol. The van der Waals surface area contributed by atoms with Crippen LogP contribution in [0.4, 0.5) is 19.3 Å². The second kappa shape index (κ2) is 9.01. The topological polar surface area (TPSA) is 122 Å². The Kier molecular flexibility index (Phi) is 6.74. The van der Waals surface area contributed by atoms with E-state index in [2.05, 4.69) is 5.32 Å². The van der Waals surface area contributed by atoms with Gasteiger partial charge in [-0.25, -0.2) is 13.6 Å². The number of aliphatic hydroxyl groups excluding tert-OH is 2. The summed E-state index contributed by atoms with van der Waals surface area (Å²) in [6, 6.07) is 9.50. The van der Waals surface area contributed by atoms with Gasteiger partial charge < -0.3 is 20.3 Å². The Hall–Kier alpha value is -3.11. The summed E-state index contributed by atoms with van der Waals surface area (Å²) in [5, 5.41) is 33.0. The average Bonchev–Trinajstić information content (AvgIpc) is 2.66. The monoisotopic (exact) mass is 382 g/mol. The molecule has 0 saturated carbocycles. The molecule has 0 fully saturated rings. The van der Waals surface area contributed by atoms with E-state index in [-0.39, 0.29) is 6.61 Å². The van der Waals surface area contributed by atoms with Gasteiger partial charge in [0.2, 0.25) is 0 Å². The van der Waals surface area contributed by atoms with Gasteiger partial charge >= 0.3 is 6.09 Å². The van der Waals surface area contributed by atoms with Crippen LogP contribution in [0, 0.1) is 21.7 Å². The van der Waals surface area contributed by atoms with Crippen LogP contribution < -0.4 is 5.32 Å². The highest BCUT2D eigenvalue weighted by Gasteiger charge is 2.29. The Morgan fingerprint density at radius 2 is 1.81 bits per heavy atom. The summed E-state index contributed by atoms with van der Waals surface area (Å²) in [5.74, 6) is -2.88. The number of halogens is 2. The highest BCUT2D eigenvalue weighted by atomic mass is 19.2. The van der Waals surface area contributed by atoms with Crippen LogP contribution in [0.3, 0.4) is 0 Å². The van der Waals surface area contributed by atoms with Gasteiger partial charge in [0.1, 0.15) is 18.8 Å². The lowest BCUT2D eigenvalue weighted by Gasteiger charge is -2.18. The Morgan fingerprint density at radius 3 is 2.44 bits per heavy atom. The molecule has 1 amide bonds. The van der Waals surface area contributed by atoms with Gasteiger partial charge in [0.15, 0.2) is 11.6 Å². The predicted octanol–water partition coefficient (Wildman–Crippen LogP) is 2.19. The number of hydrogen-bond acceptors (Lipinski definition) is 6. The van der Waals surface area contributed by atoms with Crippen molar-refractivity contribution in [2.75, 3.05) is 6.54 Å². The highest BCUT2D eigenvalue weighted by molar-refractivity contribution is 5.67. The van der Waals surface area contributed by atoms with E-state index in [0.717, 1.165) is 5.56 Å². The fourth-order valence-corrected chi connectivity index (χ4v) is 2.23. The van der Waals surface area contributed by atoms with Crippen LogP contribution in [-0.2, 0) is 11.3 Å². The van der Waals surface area contributed by atoms with E-state index in [1.165, 1.54) is 0 Å². The number of ether oxygens (including phenoxy) is 1. The molecule has 0 bridgehead atoms. The standard InChI is InChI=1S/C17H16F2N2O6/c18-12-6-11(14(21(25)26)7-13(12)19)16(23)15(22)8-20-17(24)27-9-10-4-2-1-3-5-10/h1-7,15-16,22-23H,8-9H2,(H,20,24). The number of aliphatic hydroxyl groups is 2. The van der Waals surface area contributed by atoms with Crippen molar-refractivity contribution in [3.8, 4) is 0 Å². The van der Waals surface area contributed by atoms with Gasteiger partial charge in [0, 0.05) is 6.54 Å². The lowest BCUT2D eigenvalue weighted by Crippen LogP contribution is -2.36. The van der Waals surface area contributed by atoms with Crippen molar-refractivity contribution < 1.29 is 33.4 Å². The number of nitro benzene ring substituents is 1. The molecule has 0 aliphatic heterocycles. The fraction of sp³-hybridized carbons (Fsp3) is 0.235. The van der Waals surface area contributed by atoms with Gasteiger partial charge in [-0.05, 0) is 11.6 Å². The maximum atomic E-state index is 13.3. The van der Waals surface area contributed by atoms with Crippen molar-refractivity contribution in [1.29, 1.82) is 0 Å². The molecule has 2 unspecified atom stereocenters. The molecule has 0 radical (unpaired) electrons. The van der Waals surface area contributed by atoms with Gasteiger partial charge in [-0.1, -0.05) is 30.3 Å². The predicted molar refractivity (Wildman–Crippen MR) is 88.6 cm³/mol. The third-order valence-electron chi connectivity index (χ3n) is 3.62. The summed E-state index contributed by atoms with van der Waals surface area (Å²) >= 11 is 0. The maximum Gasteiger partial charge on any atom is 0.407 e. The highest BCUT2D eigenvalue weighted by Crippen LogP contribution is 2.29. The lowest BCUT2D eigenvalue weighted by molar-refractivity contribution is -0.386. The number of nitrogens with zero attached hydrogens (tertiary/aromatic N) is 1. The summed E-state index contributed by atoms with van der Waals surface area (Å²) in [5.41, 5.74) is -0.788. The molecular weight excluding hydrogens is 366 g/mol. The third kappa shape index (κ3) is 5.43. The van der Waals surface area contributed by atoms with E-state index in [1.807, 2.05) is 0 Å². The minimum absolute atomic E-state index is 0.0278. The summed E-state index contributed by atoms with van der Waals surface area (Å²) in [4.78, 5) is 21.5. The molecule has 3 N–H and O–H groups in total. The Labute approximate surface area is 152 Å². The Morgan fingerprint density at radius 1 is 1.19 bits per heavy atom. The maximum absolute atomic E-state index is 13.3. The lowest BCUT2D eigenvalue weighted by atomic mass is 10.0. The quantitative estimate of drug-likeness (QED) is 0.498. The number of nitrogens with one attached hydrogen (secondary N) is 1. The zero-order valence-electron chi connectivity index (χ0n) is 13.8. The SMILES string of the molecule is O=C(NCC(O)C(O)c1cc(F)c(F)cc1[N+](=O)[O-])OCc1ccccc1. The van der Waals surface area contributed by atoms with Crippen molar-refractivity contribution in [2.45, 2.75) is 18.8 Å². The largest absolute Gasteiger partial charge is 0.445 e. The zero-order chi connectivity index (χ0) is 20.0. The Bertz CT molecular complexity index is 819. The second-order valence-electron chi connectivity index (χ2n) is 5.54.